The summed E-state index contributed by atoms with van der Waals surface area (Å²) < 4.78 is 1.92. The first-order valence-corrected chi connectivity index (χ1v) is 7.56. The SMILES string of the molecule is OC(CBr)CSc1nnnn1C1CCCC1. The molecule has 0 spiro atoms. The normalized spacial score (nSPS) is 19.1. The van der Waals surface area contributed by atoms with Crippen molar-refractivity contribution >= 4 is 27.7 Å². The van der Waals surface area contributed by atoms with Crippen LogP contribution < -0.4 is 0 Å². The number of alkyl halides is 1. The Morgan fingerprint density at radius 3 is 2.94 bits per heavy atom. The number of hydrogen-bond acceptors (Lipinski definition) is 5. The van der Waals surface area contributed by atoms with E-state index in [4.69, 9.17) is 0 Å². The maximum absolute atomic E-state index is 9.47. The lowest BCUT2D eigenvalue weighted by molar-refractivity contribution is 0.226. The van der Waals surface area contributed by atoms with Crippen LogP contribution in [0.3, 0.4) is 0 Å². The number of hydrogen-bond donors (Lipinski definition) is 1. The average molecular weight is 307 g/mol. The van der Waals surface area contributed by atoms with Gasteiger partial charge in [-0.05, 0) is 23.3 Å². The molecule has 1 fully saturated rings. The highest BCUT2D eigenvalue weighted by Crippen LogP contribution is 2.31. The van der Waals surface area contributed by atoms with E-state index in [2.05, 4.69) is 31.5 Å². The Hall–Kier alpha value is -0.140. The van der Waals surface area contributed by atoms with Crippen molar-refractivity contribution in [3.8, 4) is 0 Å². The van der Waals surface area contributed by atoms with Crippen LogP contribution in [-0.4, -0.2) is 42.5 Å². The first-order valence-electron chi connectivity index (χ1n) is 5.46. The molecule has 0 saturated heterocycles. The third-order valence-corrected chi connectivity index (χ3v) is 4.54. The van der Waals surface area contributed by atoms with Gasteiger partial charge >= 0.3 is 0 Å². The Balaban J connectivity index is 1.95. The Morgan fingerprint density at radius 1 is 1.50 bits per heavy atom. The predicted octanol–water partition coefficient (Wildman–Crippen LogP) is 1.64. The van der Waals surface area contributed by atoms with Gasteiger partial charge in [-0.2, -0.15) is 0 Å². The van der Waals surface area contributed by atoms with Gasteiger partial charge in [0.15, 0.2) is 0 Å². The molecule has 90 valence electrons. The van der Waals surface area contributed by atoms with Crippen LogP contribution in [0.1, 0.15) is 31.7 Å². The van der Waals surface area contributed by atoms with Crippen molar-refractivity contribution in [3.63, 3.8) is 0 Å². The van der Waals surface area contributed by atoms with E-state index in [-0.39, 0.29) is 6.10 Å². The molecule has 1 aliphatic carbocycles. The van der Waals surface area contributed by atoms with Gasteiger partial charge in [0.2, 0.25) is 5.16 Å². The van der Waals surface area contributed by atoms with Crippen LogP contribution >= 0.6 is 27.7 Å². The van der Waals surface area contributed by atoms with Crippen molar-refractivity contribution in [3.05, 3.63) is 0 Å². The highest BCUT2D eigenvalue weighted by molar-refractivity contribution is 9.09. The molecule has 1 saturated carbocycles. The lowest BCUT2D eigenvalue weighted by atomic mass is 10.3. The number of aromatic nitrogens is 4. The van der Waals surface area contributed by atoms with Crippen LogP contribution in [0.5, 0.6) is 0 Å². The number of aliphatic hydroxyl groups is 1. The summed E-state index contributed by atoms with van der Waals surface area (Å²) in [6.07, 6.45) is 4.51. The summed E-state index contributed by atoms with van der Waals surface area (Å²) in [7, 11) is 0. The molecule has 7 heteroatoms. The average Bonchev–Trinajstić information content (AvgIpc) is 2.95. The molecule has 1 unspecified atom stereocenters. The monoisotopic (exact) mass is 306 g/mol. The summed E-state index contributed by atoms with van der Waals surface area (Å²) in [6.45, 7) is 0. The van der Waals surface area contributed by atoms with E-state index in [1.807, 2.05) is 4.68 Å². The van der Waals surface area contributed by atoms with Crippen molar-refractivity contribution in [1.29, 1.82) is 0 Å². The van der Waals surface area contributed by atoms with Crippen molar-refractivity contribution in [2.75, 3.05) is 11.1 Å². The summed E-state index contributed by atoms with van der Waals surface area (Å²) in [5.74, 6) is 0.623. The fourth-order valence-corrected chi connectivity index (χ4v) is 3.28. The molecule has 1 aliphatic rings. The zero-order valence-electron chi connectivity index (χ0n) is 8.92. The Labute approximate surface area is 107 Å². The third-order valence-electron chi connectivity index (χ3n) is 2.72. The molecule has 0 aromatic carbocycles. The van der Waals surface area contributed by atoms with Crippen molar-refractivity contribution < 1.29 is 5.11 Å². The lowest BCUT2D eigenvalue weighted by Gasteiger charge is -2.11. The number of nitrogens with zero attached hydrogens (tertiary/aromatic N) is 4. The van der Waals surface area contributed by atoms with Gasteiger partial charge in [-0.15, -0.1) is 5.10 Å². The van der Waals surface area contributed by atoms with E-state index in [1.54, 1.807) is 0 Å². The molecule has 0 aliphatic heterocycles. The van der Waals surface area contributed by atoms with Crippen LogP contribution in [-0.2, 0) is 0 Å². The maximum Gasteiger partial charge on any atom is 0.209 e. The molecule has 5 nitrogen and oxygen atoms in total. The van der Waals surface area contributed by atoms with Crippen molar-refractivity contribution in [2.45, 2.75) is 43.0 Å². The second-order valence-electron chi connectivity index (χ2n) is 3.96. The molecule has 1 aromatic rings. The number of rotatable bonds is 5. The topological polar surface area (TPSA) is 63.8 Å². The van der Waals surface area contributed by atoms with Crippen LogP contribution in [0.15, 0.2) is 5.16 Å². The van der Waals surface area contributed by atoms with E-state index in [0.717, 1.165) is 5.16 Å². The second kappa shape index (κ2) is 5.97. The van der Waals surface area contributed by atoms with Gasteiger partial charge in [0, 0.05) is 11.1 Å². The largest absolute Gasteiger partial charge is 0.391 e. The third kappa shape index (κ3) is 2.95. The smallest absolute Gasteiger partial charge is 0.209 e. The minimum Gasteiger partial charge on any atom is -0.391 e. The number of tetrazole rings is 1. The Kier molecular flexibility index (Phi) is 4.60. The first-order chi connectivity index (χ1) is 7.81. The molecule has 0 amide bonds. The van der Waals surface area contributed by atoms with Gasteiger partial charge in [-0.3, -0.25) is 0 Å². The summed E-state index contributed by atoms with van der Waals surface area (Å²) >= 11 is 4.76. The van der Waals surface area contributed by atoms with E-state index in [1.165, 1.54) is 37.4 Å². The first kappa shape index (κ1) is 12.3. The highest BCUT2D eigenvalue weighted by Gasteiger charge is 2.21. The standard InChI is InChI=1S/C9H15BrN4OS/c10-5-8(15)6-16-9-11-12-13-14(9)7-3-1-2-4-7/h7-8,15H,1-6H2. The summed E-state index contributed by atoms with van der Waals surface area (Å²) in [5, 5.41) is 22.6. The Morgan fingerprint density at radius 2 is 2.25 bits per heavy atom. The van der Waals surface area contributed by atoms with Crippen LogP contribution in [0.2, 0.25) is 0 Å². The van der Waals surface area contributed by atoms with E-state index < -0.39 is 0 Å². The Bertz CT molecular complexity index is 329. The van der Waals surface area contributed by atoms with Crippen LogP contribution in [0, 0.1) is 0 Å². The molecular formula is C9H15BrN4OS. The summed E-state index contributed by atoms with van der Waals surface area (Å²) in [4.78, 5) is 0. The molecular weight excluding hydrogens is 292 g/mol. The van der Waals surface area contributed by atoms with Gasteiger partial charge in [-0.1, -0.05) is 40.5 Å². The van der Waals surface area contributed by atoms with E-state index in [9.17, 15) is 5.11 Å². The van der Waals surface area contributed by atoms with Crippen molar-refractivity contribution in [2.24, 2.45) is 0 Å². The molecule has 1 heterocycles. The zero-order chi connectivity index (χ0) is 11.4. The van der Waals surface area contributed by atoms with Crippen LogP contribution in [0.4, 0.5) is 0 Å². The minimum atomic E-state index is -0.348. The summed E-state index contributed by atoms with van der Waals surface area (Å²) in [6, 6.07) is 0.457. The van der Waals surface area contributed by atoms with E-state index >= 15 is 0 Å². The molecule has 1 atom stereocenters. The van der Waals surface area contributed by atoms with Gasteiger partial charge in [0.05, 0.1) is 12.1 Å². The fourth-order valence-electron chi connectivity index (χ4n) is 1.87. The minimum absolute atomic E-state index is 0.348. The highest BCUT2D eigenvalue weighted by atomic mass is 79.9. The number of aliphatic hydroxyl groups excluding tert-OH is 1. The predicted molar refractivity (Wildman–Crippen MR) is 65.8 cm³/mol. The lowest BCUT2D eigenvalue weighted by Crippen LogP contribution is -2.13. The molecule has 1 N–H and O–H groups in total. The number of thioether (sulfide) groups is 1. The molecule has 0 radical (unpaired) electrons. The van der Waals surface area contributed by atoms with Gasteiger partial charge in [0.1, 0.15) is 0 Å². The number of halogens is 1. The zero-order valence-corrected chi connectivity index (χ0v) is 11.3. The summed E-state index contributed by atoms with van der Waals surface area (Å²) in [5.41, 5.74) is 0. The second-order valence-corrected chi connectivity index (χ2v) is 5.60. The molecule has 2 rings (SSSR count). The maximum atomic E-state index is 9.47. The fraction of sp³-hybridized carbons (Fsp3) is 0.889. The van der Waals surface area contributed by atoms with Crippen molar-refractivity contribution in [1.82, 2.24) is 20.2 Å². The van der Waals surface area contributed by atoms with Gasteiger partial charge < -0.3 is 5.11 Å². The van der Waals surface area contributed by atoms with Crippen LogP contribution in [0.25, 0.3) is 0 Å². The van der Waals surface area contributed by atoms with Gasteiger partial charge in [-0.25, -0.2) is 4.68 Å². The van der Waals surface area contributed by atoms with E-state index in [0.29, 0.717) is 17.1 Å². The molecule has 1 aromatic heterocycles. The van der Waals surface area contributed by atoms with Gasteiger partial charge in [0.25, 0.3) is 0 Å². The molecule has 0 bridgehead atoms. The quantitative estimate of drug-likeness (QED) is 0.662. The molecule has 16 heavy (non-hydrogen) atoms.